The van der Waals surface area contributed by atoms with E-state index in [2.05, 4.69) is 12.2 Å². The summed E-state index contributed by atoms with van der Waals surface area (Å²) in [5.41, 5.74) is 0. The van der Waals surface area contributed by atoms with Crippen LogP contribution in [0.1, 0.15) is 26.2 Å². The largest absolute Gasteiger partial charge is 0.481 e. The smallest absolute Gasteiger partial charge is 0.317 e. The molecule has 1 aliphatic carbocycles. The van der Waals surface area contributed by atoms with E-state index in [9.17, 15) is 9.59 Å². The van der Waals surface area contributed by atoms with Gasteiger partial charge in [-0.3, -0.25) is 4.79 Å². The summed E-state index contributed by atoms with van der Waals surface area (Å²) in [6.07, 6.45) is 3.25. The van der Waals surface area contributed by atoms with Gasteiger partial charge < -0.3 is 15.3 Å². The Morgan fingerprint density at radius 1 is 1.39 bits per heavy atom. The predicted molar refractivity (Wildman–Crippen MR) is 70.8 cm³/mol. The van der Waals surface area contributed by atoms with Crippen LogP contribution in [0.5, 0.6) is 0 Å². The molecule has 2 amide bonds. The molecule has 1 heterocycles. The Kier molecular flexibility index (Phi) is 4.37. The van der Waals surface area contributed by atoms with Gasteiger partial charge in [0.2, 0.25) is 0 Å². The molecule has 0 aromatic carbocycles. The van der Waals surface area contributed by atoms with Crippen LogP contribution in [-0.2, 0) is 4.79 Å². The van der Waals surface area contributed by atoms with E-state index < -0.39 is 5.97 Å². The van der Waals surface area contributed by atoms with E-state index in [4.69, 9.17) is 5.11 Å². The number of hydrogen-bond donors (Lipinski definition) is 2. The molecule has 102 valence electrons. The Morgan fingerprint density at radius 2 is 2.11 bits per heavy atom. The van der Waals surface area contributed by atoms with Crippen LogP contribution in [0.25, 0.3) is 0 Å². The maximum Gasteiger partial charge on any atom is 0.317 e. The van der Waals surface area contributed by atoms with E-state index in [1.165, 1.54) is 6.42 Å². The Labute approximate surface area is 111 Å². The van der Waals surface area contributed by atoms with Crippen molar-refractivity contribution in [1.29, 1.82) is 0 Å². The Hall–Kier alpha value is -0.910. The standard InChI is InChI=1S/C12H20N2O3S/c1-2-18-10-4-3-9(5-10)13-12(17)14-6-8(7-14)11(15)16/h8-10H,2-7H2,1H3,(H,13,17)(H,15,16). The molecular weight excluding hydrogens is 252 g/mol. The molecule has 6 heteroatoms. The summed E-state index contributed by atoms with van der Waals surface area (Å²) >= 11 is 1.96. The van der Waals surface area contributed by atoms with Gasteiger partial charge in [-0.2, -0.15) is 11.8 Å². The van der Waals surface area contributed by atoms with Gasteiger partial charge >= 0.3 is 12.0 Å². The zero-order valence-corrected chi connectivity index (χ0v) is 11.4. The third-order valence-electron chi connectivity index (χ3n) is 3.63. The summed E-state index contributed by atoms with van der Waals surface area (Å²) in [7, 11) is 0. The topological polar surface area (TPSA) is 69.6 Å². The summed E-state index contributed by atoms with van der Waals surface area (Å²) in [6.45, 7) is 2.85. The minimum absolute atomic E-state index is 0.0975. The molecule has 2 atom stereocenters. The Balaban J connectivity index is 1.68. The fourth-order valence-electron chi connectivity index (χ4n) is 2.52. The maximum absolute atomic E-state index is 11.8. The van der Waals surface area contributed by atoms with E-state index >= 15 is 0 Å². The summed E-state index contributed by atoms with van der Waals surface area (Å²) < 4.78 is 0. The highest BCUT2D eigenvalue weighted by atomic mass is 32.2. The van der Waals surface area contributed by atoms with Gasteiger partial charge in [-0.1, -0.05) is 6.92 Å². The van der Waals surface area contributed by atoms with Gasteiger partial charge in [-0.05, 0) is 25.0 Å². The molecule has 5 nitrogen and oxygen atoms in total. The lowest BCUT2D eigenvalue weighted by atomic mass is 10.0. The van der Waals surface area contributed by atoms with Crippen molar-refractivity contribution >= 4 is 23.8 Å². The van der Waals surface area contributed by atoms with Crippen molar-refractivity contribution in [3.63, 3.8) is 0 Å². The number of nitrogens with zero attached hydrogens (tertiary/aromatic N) is 1. The second-order valence-electron chi connectivity index (χ2n) is 4.98. The third kappa shape index (κ3) is 3.10. The number of carboxylic acid groups (broad SMARTS) is 1. The molecule has 0 bridgehead atoms. The van der Waals surface area contributed by atoms with Crippen molar-refractivity contribution in [2.45, 2.75) is 37.5 Å². The van der Waals surface area contributed by atoms with Crippen molar-refractivity contribution in [1.82, 2.24) is 10.2 Å². The maximum atomic E-state index is 11.8. The van der Waals surface area contributed by atoms with E-state index in [0.717, 1.165) is 18.6 Å². The molecule has 2 N–H and O–H groups in total. The fraction of sp³-hybridized carbons (Fsp3) is 0.833. The first-order valence-corrected chi connectivity index (χ1v) is 7.54. The second-order valence-corrected chi connectivity index (χ2v) is 6.55. The normalized spacial score (nSPS) is 27.9. The highest BCUT2D eigenvalue weighted by Gasteiger charge is 2.37. The van der Waals surface area contributed by atoms with Crippen LogP contribution in [0.2, 0.25) is 0 Å². The van der Waals surface area contributed by atoms with Gasteiger partial charge in [0.15, 0.2) is 0 Å². The van der Waals surface area contributed by atoms with Crippen molar-refractivity contribution in [2.24, 2.45) is 5.92 Å². The SMILES string of the molecule is CCSC1CCC(NC(=O)N2CC(C(=O)O)C2)C1. The fourth-order valence-corrected chi connectivity index (χ4v) is 3.67. The predicted octanol–water partition coefficient (Wildman–Crippen LogP) is 1.39. The van der Waals surface area contributed by atoms with Gasteiger partial charge in [0.25, 0.3) is 0 Å². The van der Waals surface area contributed by atoms with Gasteiger partial charge in [0.1, 0.15) is 0 Å². The summed E-state index contributed by atoms with van der Waals surface area (Å²) in [4.78, 5) is 24.1. The van der Waals surface area contributed by atoms with E-state index in [0.29, 0.717) is 18.3 Å². The quantitative estimate of drug-likeness (QED) is 0.811. The van der Waals surface area contributed by atoms with Crippen LogP contribution in [0.4, 0.5) is 4.79 Å². The number of urea groups is 1. The van der Waals surface area contributed by atoms with Gasteiger partial charge in [0, 0.05) is 24.4 Å². The highest BCUT2D eigenvalue weighted by molar-refractivity contribution is 7.99. The number of likely N-dealkylation sites (tertiary alicyclic amines) is 1. The molecule has 1 aliphatic heterocycles. The lowest BCUT2D eigenvalue weighted by Gasteiger charge is -2.37. The van der Waals surface area contributed by atoms with E-state index in [1.54, 1.807) is 4.90 Å². The van der Waals surface area contributed by atoms with Crippen molar-refractivity contribution in [2.75, 3.05) is 18.8 Å². The molecule has 18 heavy (non-hydrogen) atoms. The van der Waals surface area contributed by atoms with Crippen LogP contribution in [0.3, 0.4) is 0 Å². The van der Waals surface area contributed by atoms with Crippen molar-refractivity contribution in [3.05, 3.63) is 0 Å². The first-order chi connectivity index (χ1) is 8.60. The Morgan fingerprint density at radius 3 is 2.72 bits per heavy atom. The number of carbonyl (C=O) groups is 2. The van der Waals surface area contributed by atoms with Gasteiger partial charge in [0.05, 0.1) is 5.92 Å². The van der Waals surface area contributed by atoms with Crippen molar-refractivity contribution < 1.29 is 14.7 Å². The molecule has 0 aromatic heterocycles. The second kappa shape index (κ2) is 5.82. The van der Waals surface area contributed by atoms with Gasteiger partial charge in [-0.25, -0.2) is 4.79 Å². The number of hydrogen-bond acceptors (Lipinski definition) is 3. The molecule has 1 saturated carbocycles. The number of thioether (sulfide) groups is 1. The minimum atomic E-state index is -0.806. The first-order valence-electron chi connectivity index (χ1n) is 6.50. The summed E-state index contributed by atoms with van der Waals surface area (Å²) in [5, 5.41) is 12.4. The Bertz CT molecular complexity index is 331. The molecule has 1 saturated heterocycles. The van der Waals surface area contributed by atoms with E-state index in [-0.39, 0.29) is 18.0 Å². The average Bonchev–Trinajstić information content (AvgIpc) is 2.63. The van der Waals surface area contributed by atoms with Crippen LogP contribution < -0.4 is 5.32 Å². The lowest BCUT2D eigenvalue weighted by molar-refractivity contribution is -0.146. The third-order valence-corrected chi connectivity index (χ3v) is 4.87. The molecule has 2 aliphatic rings. The van der Waals surface area contributed by atoms with Crippen LogP contribution in [0, 0.1) is 5.92 Å². The minimum Gasteiger partial charge on any atom is -0.481 e. The molecule has 0 aromatic rings. The number of amides is 2. The zero-order valence-electron chi connectivity index (χ0n) is 10.6. The van der Waals surface area contributed by atoms with Crippen LogP contribution >= 0.6 is 11.8 Å². The molecule has 2 unspecified atom stereocenters. The monoisotopic (exact) mass is 272 g/mol. The number of rotatable bonds is 4. The van der Waals surface area contributed by atoms with Crippen LogP contribution in [-0.4, -0.2) is 52.1 Å². The average molecular weight is 272 g/mol. The molecule has 0 spiro atoms. The van der Waals surface area contributed by atoms with Crippen LogP contribution in [0.15, 0.2) is 0 Å². The van der Waals surface area contributed by atoms with E-state index in [1.807, 2.05) is 11.8 Å². The molecule has 2 rings (SSSR count). The van der Waals surface area contributed by atoms with Gasteiger partial charge in [-0.15, -0.1) is 0 Å². The number of carbonyl (C=O) groups excluding carboxylic acids is 1. The summed E-state index contributed by atoms with van der Waals surface area (Å²) in [5.74, 6) is -0.0559. The summed E-state index contributed by atoms with van der Waals surface area (Å²) in [6, 6.07) is 0.171. The molecule has 0 radical (unpaired) electrons. The zero-order chi connectivity index (χ0) is 13.1. The highest BCUT2D eigenvalue weighted by Crippen LogP contribution is 2.30. The number of nitrogens with one attached hydrogen (secondary N) is 1. The molecular formula is C12H20N2O3S. The molecule has 2 fully saturated rings. The number of carboxylic acids is 1. The first kappa shape index (κ1) is 13.5. The lowest BCUT2D eigenvalue weighted by Crippen LogP contribution is -2.57. The number of aliphatic carboxylic acids is 1. The van der Waals surface area contributed by atoms with Crippen molar-refractivity contribution in [3.8, 4) is 0 Å².